The molecule has 0 aliphatic heterocycles. The van der Waals surface area contributed by atoms with Crippen LogP contribution in [0.25, 0.3) is 0 Å². The predicted molar refractivity (Wildman–Crippen MR) is 63.0 cm³/mol. The van der Waals surface area contributed by atoms with Crippen LogP contribution in [-0.4, -0.2) is 32.0 Å². The van der Waals surface area contributed by atoms with Crippen molar-refractivity contribution in [1.82, 2.24) is 0 Å². The van der Waals surface area contributed by atoms with Gasteiger partial charge in [-0.3, -0.25) is 0 Å². The van der Waals surface area contributed by atoms with Gasteiger partial charge in [-0.15, -0.1) is 0 Å². The van der Waals surface area contributed by atoms with E-state index in [4.69, 9.17) is 20.3 Å². The third kappa shape index (κ3) is 3.72. The first-order valence-corrected chi connectivity index (χ1v) is 5.42. The van der Waals surface area contributed by atoms with Gasteiger partial charge in [0.1, 0.15) is 6.61 Å². The zero-order valence-electron chi connectivity index (χ0n) is 9.61. The van der Waals surface area contributed by atoms with Gasteiger partial charge in [0.25, 0.3) is 0 Å². The van der Waals surface area contributed by atoms with Crippen LogP contribution < -0.4 is 15.2 Å². The van der Waals surface area contributed by atoms with E-state index in [-0.39, 0.29) is 13.2 Å². The fourth-order valence-electron chi connectivity index (χ4n) is 1.45. The Morgan fingerprint density at radius 2 is 2.12 bits per heavy atom. The Morgan fingerprint density at radius 3 is 2.75 bits per heavy atom. The van der Waals surface area contributed by atoms with E-state index >= 15 is 0 Å². The van der Waals surface area contributed by atoms with E-state index in [0.717, 1.165) is 12.8 Å². The first-order chi connectivity index (χ1) is 7.81. The summed E-state index contributed by atoms with van der Waals surface area (Å²) in [4.78, 5) is 0. The van der Waals surface area contributed by atoms with Crippen molar-refractivity contribution >= 4 is 0 Å². The highest BCUT2D eigenvalue weighted by atomic mass is 16.5. The number of hydrogen-bond donors (Lipinski definition) is 2. The number of methoxy groups -OCH3 is 1. The van der Waals surface area contributed by atoms with Crippen molar-refractivity contribution < 1.29 is 14.6 Å². The van der Waals surface area contributed by atoms with Crippen molar-refractivity contribution in [2.45, 2.75) is 12.8 Å². The third-order valence-electron chi connectivity index (χ3n) is 2.25. The molecule has 0 radical (unpaired) electrons. The molecular formula is C12H19NO3. The molecule has 1 aromatic rings. The van der Waals surface area contributed by atoms with Crippen molar-refractivity contribution in [3.05, 3.63) is 23.8 Å². The zero-order chi connectivity index (χ0) is 11.8. The topological polar surface area (TPSA) is 64.7 Å². The Balaban J connectivity index is 2.71. The maximum Gasteiger partial charge on any atom is 0.161 e. The van der Waals surface area contributed by atoms with Gasteiger partial charge in [-0.25, -0.2) is 0 Å². The predicted octanol–water partition coefficient (Wildman–Crippen LogP) is 0.958. The largest absolute Gasteiger partial charge is 0.493 e. The Kier molecular flexibility index (Phi) is 5.67. The van der Waals surface area contributed by atoms with E-state index in [1.165, 1.54) is 5.56 Å². The fourth-order valence-corrected chi connectivity index (χ4v) is 1.45. The molecule has 0 unspecified atom stereocenters. The summed E-state index contributed by atoms with van der Waals surface area (Å²) in [5.41, 5.74) is 6.64. The lowest BCUT2D eigenvalue weighted by Crippen LogP contribution is -2.04. The molecule has 0 aliphatic rings. The molecule has 0 aromatic heterocycles. The SMILES string of the molecule is COc1cc(CCCN)ccc1OCCO. The molecule has 0 aliphatic carbocycles. The lowest BCUT2D eigenvalue weighted by molar-refractivity contribution is 0.196. The Bertz CT molecular complexity index is 315. The van der Waals surface area contributed by atoms with Crippen molar-refractivity contribution in [3.8, 4) is 11.5 Å². The van der Waals surface area contributed by atoms with Crippen LogP contribution in [0, 0.1) is 0 Å². The first kappa shape index (κ1) is 12.8. The van der Waals surface area contributed by atoms with Crippen LogP contribution in [-0.2, 0) is 6.42 Å². The number of nitrogens with two attached hydrogens (primary N) is 1. The lowest BCUT2D eigenvalue weighted by Gasteiger charge is -2.11. The molecule has 3 N–H and O–H groups in total. The maximum atomic E-state index is 8.68. The maximum absolute atomic E-state index is 8.68. The van der Waals surface area contributed by atoms with E-state index in [1.807, 2.05) is 18.2 Å². The summed E-state index contributed by atoms with van der Waals surface area (Å²) in [6.45, 7) is 0.960. The average molecular weight is 225 g/mol. The summed E-state index contributed by atoms with van der Waals surface area (Å²) < 4.78 is 10.6. The third-order valence-corrected chi connectivity index (χ3v) is 2.25. The van der Waals surface area contributed by atoms with Gasteiger partial charge in [-0.1, -0.05) is 6.07 Å². The Hall–Kier alpha value is -1.26. The van der Waals surface area contributed by atoms with Crippen molar-refractivity contribution in [2.24, 2.45) is 5.73 Å². The minimum Gasteiger partial charge on any atom is -0.493 e. The van der Waals surface area contributed by atoms with Gasteiger partial charge in [0.05, 0.1) is 13.7 Å². The van der Waals surface area contributed by atoms with E-state index in [2.05, 4.69) is 0 Å². The Morgan fingerprint density at radius 1 is 1.31 bits per heavy atom. The summed E-state index contributed by atoms with van der Waals surface area (Å²) >= 11 is 0. The molecule has 4 nitrogen and oxygen atoms in total. The first-order valence-electron chi connectivity index (χ1n) is 5.42. The van der Waals surface area contributed by atoms with E-state index in [0.29, 0.717) is 18.0 Å². The van der Waals surface area contributed by atoms with Crippen LogP contribution in [0.5, 0.6) is 11.5 Å². The smallest absolute Gasteiger partial charge is 0.161 e. The van der Waals surface area contributed by atoms with Gasteiger partial charge in [0.15, 0.2) is 11.5 Å². The molecule has 1 rings (SSSR count). The normalized spacial score (nSPS) is 10.2. The molecule has 0 spiro atoms. The molecular weight excluding hydrogens is 206 g/mol. The van der Waals surface area contributed by atoms with Gasteiger partial charge >= 0.3 is 0 Å². The molecule has 1 aromatic carbocycles. The van der Waals surface area contributed by atoms with Gasteiger partial charge in [0.2, 0.25) is 0 Å². The Labute approximate surface area is 96.0 Å². The van der Waals surface area contributed by atoms with Crippen molar-refractivity contribution in [3.63, 3.8) is 0 Å². The molecule has 0 atom stereocenters. The second kappa shape index (κ2) is 7.09. The summed E-state index contributed by atoms with van der Waals surface area (Å²) in [7, 11) is 1.61. The minimum absolute atomic E-state index is 0.00191. The molecule has 16 heavy (non-hydrogen) atoms. The molecule has 0 bridgehead atoms. The monoisotopic (exact) mass is 225 g/mol. The molecule has 0 heterocycles. The highest BCUT2D eigenvalue weighted by Crippen LogP contribution is 2.28. The zero-order valence-corrected chi connectivity index (χ0v) is 9.61. The van der Waals surface area contributed by atoms with Crippen molar-refractivity contribution in [1.29, 1.82) is 0 Å². The second-order valence-corrected chi connectivity index (χ2v) is 3.45. The van der Waals surface area contributed by atoms with Crippen molar-refractivity contribution in [2.75, 3.05) is 26.9 Å². The molecule has 4 heteroatoms. The molecule has 0 amide bonds. The van der Waals surface area contributed by atoms with Crippen LogP contribution in [0.2, 0.25) is 0 Å². The van der Waals surface area contributed by atoms with Gasteiger partial charge in [-0.2, -0.15) is 0 Å². The second-order valence-electron chi connectivity index (χ2n) is 3.45. The van der Waals surface area contributed by atoms with E-state index < -0.39 is 0 Å². The number of aliphatic hydroxyl groups excluding tert-OH is 1. The van der Waals surface area contributed by atoms with Crippen LogP contribution in [0.15, 0.2) is 18.2 Å². The van der Waals surface area contributed by atoms with Gasteiger partial charge in [0, 0.05) is 0 Å². The van der Waals surface area contributed by atoms with Crippen LogP contribution in [0.4, 0.5) is 0 Å². The number of rotatable bonds is 7. The highest BCUT2D eigenvalue weighted by molar-refractivity contribution is 5.43. The van der Waals surface area contributed by atoms with Crippen LogP contribution in [0.3, 0.4) is 0 Å². The number of hydrogen-bond acceptors (Lipinski definition) is 4. The number of ether oxygens (including phenoxy) is 2. The fraction of sp³-hybridized carbons (Fsp3) is 0.500. The lowest BCUT2D eigenvalue weighted by atomic mass is 10.1. The van der Waals surface area contributed by atoms with Crippen LogP contribution >= 0.6 is 0 Å². The summed E-state index contributed by atoms with van der Waals surface area (Å²) in [6.07, 6.45) is 1.90. The standard InChI is InChI=1S/C12H19NO3/c1-15-12-9-10(3-2-6-13)4-5-11(12)16-8-7-14/h4-5,9,14H,2-3,6-8,13H2,1H3. The van der Waals surface area contributed by atoms with E-state index in [9.17, 15) is 0 Å². The molecule has 0 saturated heterocycles. The van der Waals surface area contributed by atoms with Crippen LogP contribution in [0.1, 0.15) is 12.0 Å². The number of aryl methyl sites for hydroxylation is 1. The molecule has 0 saturated carbocycles. The molecule has 90 valence electrons. The van der Waals surface area contributed by atoms with Gasteiger partial charge < -0.3 is 20.3 Å². The van der Waals surface area contributed by atoms with E-state index in [1.54, 1.807) is 7.11 Å². The number of benzene rings is 1. The highest BCUT2D eigenvalue weighted by Gasteiger charge is 2.05. The molecule has 0 fully saturated rings. The number of aliphatic hydroxyl groups is 1. The summed E-state index contributed by atoms with van der Waals surface area (Å²) in [5, 5.41) is 8.68. The minimum atomic E-state index is -0.00191. The summed E-state index contributed by atoms with van der Waals surface area (Å²) in [5.74, 6) is 1.36. The average Bonchev–Trinajstić information content (AvgIpc) is 2.34. The van der Waals surface area contributed by atoms with Gasteiger partial charge in [-0.05, 0) is 37.1 Å². The quantitative estimate of drug-likeness (QED) is 0.725. The summed E-state index contributed by atoms with van der Waals surface area (Å²) in [6, 6.07) is 5.80.